The lowest BCUT2D eigenvalue weighted by molar-refractivity contribution is 0.609. The molecule has 0 amide bonds. The summed E-state index contributed by atoms with van der Waals surface area (Å²) in [7, 11) is 0. The summed E-state index contributed by atoms with van der Waals surface area (Å²) in [6.07, 6.45) is 5.90. The van der Waals surface area contributed by atoms with Crippen molar-refractivity contribution in [3.8, 4) is 6.07 Å². The predicted octanol–water partition coefficient (Wildman–Crippen LogP) is 1.87. The fourth-order valence-corrected chi connectivity index (χ4v) is 3.48. The predicted molar refractivity (Wildman–Crippen MR) is 93.4 cm³/mol. The number of aromatic amines is 1. The maximum Gasteiger partial charge on any atom is 0.145 e. The number of anilines is 1. The van der Waals surface area contributed by atoms with Crippen molar-refractivity contribution in [3.05, 3.63) is 72.0 Å². The topological polar surface area (TPSA) is 98.8 Å². The van der Waals surface area contributed by atoms with Crippen molar-refractivity contribution in [1.29, 1.82) is 5.26 Å². The molecule has 0 aliphatic carbocycles. The van der Waals surface area contributed by atoms with Gasteiger partial charge in [0.15, 0.2) is 0 Å². The fraction of sp³-hybridized carbons (Fsp3) is 0.167. The Hall–Kier alpha value is -3.73. The number of rotatable bonds is 2. The third kappa shape index (κ3) is 2.22. The molecule has 0 aromatic carbocycles. The number of pyridine rings is 1. The molecule has 0 bridgehead atoms. The van der Waals surface area contributed by atoms with Crippen molar-refractivity contribution in [3.63, 3.8) is 0 Å². The first kappa shape index (κ1) is 14.6. The number of H-pyrrole nitrogens is 1. The molecule has 5 rings (SSSR count). The molecule has 0 saturated heterocycles. The van der Waals surface area contributed by atoms with Crippen LogP contribution in [0.2, 0.25) is 0 Å². The Bertz CT molecular complexity index is 1100. The normalized spacial score (nSPS) is 16.4. The molecule has 1 N–H and O–H groups in total. The minimum atomic E-state index is -0.175. The summed E-state index contributed by atoms with van der Waals surface area (Å²) < 4.78 is 1.86. The molecule has 0 saturated carbocycles. The van der Waals surface area contributed by atoms with Gasteiger partial charge in [0.05, 0.1) is 23.2 Å². The average Bonchev–Trinajstić information content (AvgIpc) is 3.33. The lowest BCUT2D eigenvalue weighted by Gasteiger charge is -2.34. The van der Waals surface area contributed by atoms with Crippen LogP contribution < -0.4 is 4.90 Å². The van der Waals surface area contributed by atoms with Gasteiger partial charge >= 0.3 is 0 Å². The standard InChI is InChI=1S/C18H14N8/c19-9-12-7-16(22-10-20-12)25-6-4-14-17(23-11-21-14)18(25)15-8-13-3-1-2-5-26(13)24-15/h1-3,5,7-8,10-11,18H,4,6H2,(H,21,23)/t18-/m0/s1. The maximum absolute atomic E-state index is 9.17. The molecule has 0 fully saturated rings. The van der Waals surface area contributed by atoms with Gasteiger partial charge in [-0.15, -0.1) is 0 Å². The van der Waals surface area contributed by atoms with Crippen LogP contribution in [0.3, 0.4) is 0 Å². The van der Waals surface area contributed by atoms with Gasteiger partial charge in [-0.25, -0.2) is 19.5 Å². The summed E-state index contributed by atoms with van der Waals surface area (Å²) in [6.45, 7) is 0.746. The Morgan fingerprint density at radius 1 is 1.19 bits per heavy atom. The molecular weight excluding hydrogens is 328 g/mol. The van der Waals surface area contributed by atoms with Crippen LogP contribution in [0.15, 0.2) is 49.2 Å². The molecule has 0 spiro atoms. The second kappa shape index (κ2) is 5.67. The van der Waals surface area contributed by atoms with Crippen molar-refractivity contribution in [2.75, 3.05) is 11.4 Å². The molecule has 8 heteroatoms. The van der Waals surface area contributed by atoms with Crippen molar-refractivity contribution in [1.82, 2.24) is 29.5 Å². The monoisotopic (exact) mass is 342 g/mol. The third-order valence-corrected chi connectivity index (χ3v) is 4.66. The van der Waals surface area contributed by atoms with Gasteiger partial charge in [0.2, 0.25) is 0 Å². The van der Waals surface area contributed by atoms with Gasteiger partial charge < -0.3 is 9.88 Å². The highest BCUT2D eigenvalue weighted by molar-refractivity contribution is 5.54. The Morgan fingerprint density at radius 3 is 3.04 bits per heavy atom. The van der Waals surface area contributed by atoms with Gasteiger partial charge in [0, 0.05) is 30.9 Å². The van der Waals surface area contributed by atoms with Gasteiger partial charge in [-0.1, -0.05) is 6.07 Å². The first-order valence-electron chi connectivity index (χ1n) is 8.29. The van der Waals surface area contributed by atoms with E-state index in [1.165, 1.54) is 6.33 Å². The zero-order valence-electron chi connectivity index (χ0n) is 13.7. The third-order valence-electron chi connectivity index (χ3n) is 4.66. The molecule has 0 radical (unpaired) electrons. The van der Waals surface area contributed by atoms with E-state index >= 15 is 0 Å². The van der Waals surface area contributed by atoms with Crippen LogP contribution in [0.4, 0.5) is 5.82 Å². The number of nitrogens with zero attached hydrogens (tertiary/aromatic N) is 7. The van der Waals surface area contributed by atoms with Crippen LogP contribution in [-0.4, -0.2) is 36.1 Å². The molecule has 126 valence electrons. The molecule has 1 aliphatic rings. The summed E-state index contributed by atoms with van der Waals surface area (Å²) in [5, 5.41) is 13.9. The quantitative estimate of drug-likeness (QED) is 0.597. The highest BCUT2D eigenvalue weighted by Gasteiger charge is 2.34. The first-order valence-corrected chi connectivity index (χ1v) is 8.29. The smallest absolute Gasteiger partial charge is 0.145 e. The van der Waals surface area contributed by atoms with Crippen LogP contribution >= 0.6 is 0 Å². The Balaban J connectivity index is 1.67. The van der Waals surface area contributed by atoms with Crippen LogP contribution in [0.1, 0.15) is 28.8 Å². The molecule has 0 unspecified atom stereocenters. The van der Waals surface area contributed by atoms with Gasteiger partial charge in [-0.2, -0.15) is 10.4 Å². The molecule has 1 aliphatic heterocycles. The Morgan fingerprint density at radius 2 is 2.15 bits per heavy atom. The summed E-state index contributed by atoms with van der Waals surface area (Å²) in [5.41, 5.74) is 4.30. The van der Waals surface area contributed by atoms with Gasteiger partial charge in [-0.3, -0.25) is 0 Å². The number of nitriles is 1. The summed E-state index contributed by atoms with van der Waals surface area (Å²) in [4.78, 5) is 18.3. The number of imidazole rings is 1. The van der Waals surface area contributed by atoms with E-state index in [9.17, 15) is 5.26 Å². The minimum Gasteiger partial charge on any atom is -0.348 e. The van der Waals surface area contributed by atoms with Gasteiger partial charge in [0.1, 0.15) is 30.0 Å². The molecular formula is C18H14N8. The van der Waals surface area contributed by atoms with E-state index in [1.807, 2.05) is 28.9 Å². The molecule has 4 aromatic heterocycles. The van der Waals surface area contributed by atoms with E-state index in [0.717, 1.165) is 35.6 Å². The van der Waals surface area contributed by atoms with E-state index in [4.69, 9.17) is 5.10 Å². The largest absolute Gasteiger partial charge is 0.348 e. The number of nitrogens with one attached hydrogen (secondary N) is 1. The molecule has 4 aromatic rings. The lowest BCUT2D eigenvalue weighted by Crippen LogP contribution is -2.37. The minimum absolute atomic E-state index is 0.175. The summed E-state index contributed by atoms with van der Waals surface area (Å²) in [5.74, 6) is 0.701. The number of fused-ring (bicyclic) bond motifs is 2. The Labute approximate surface area is 148 Å². The van der Waals surface area contributed by atoms with Crippen LogP contribution in [0.25, 0.3) is 5.52 Å². The summed E-state index contributed by atoms with van der Waals surface area (Å²) >= 11 is 0. The Kier molecular flexibility index (Phi) is 3.18. The van der Waals surface area contributed by atoms with E-state index in [2.05, 4.69) is 37.0 Å². The van der Waals surface area contributed by atoms with Crippen LogP contribution in [0.5, 0.6) is 0 Å². The van der Waals surface area contributed by atoms with Gasteiger partial charge in [-0.05, 0) is 18.2 Å². The van der Waals surface area contributed by atoms with Crippen LogP contribution in [0, 0.1) is 11.3 Å². The van der Waals surface area contributed by atoms with Crippen molar-refractivity contribution >= 4 is 11.3 Å². The number of hydrogen-bond acceptors (Lipinski definition) is 6. The van der Waals surface area contributed by atoms with E-state index in [1.54, 1.807) is 12.4 Å². The van der Waals surface area contributed by atoms with Crippen molar-refractivity contribution in [2.24, 2.45) is 0 Å². The highest BCUT2D eigenvalue weighted by atomic mass is 15.3. The SMILES string of the molecule is N#Cc1cc(N2CCc3[nH]cnc3[C@@H]2c2cc3ccccn3n2)ncn1. The second-order valence-electron chi connectivity index (χ2n) is 6.12. The van der Waals surface area contributed by atoms with E-state index in [0.29, 0.717) is 11.5 Å². The maximum atomic E-state index is 9.17. The molecule has 26 heavy (non-hydrogen) atoms. The fourth-order valence-electron chi connectivity index (χ4n) is 3.48. The van der Waals surface area contributed by atoms with Crippen molar-refractivity contribution in [2.45, 2.75) is 12.5 Å². The van der Waals surface area contributed by atoms with Gasteiger partial charge in [0.25, 0.3) is 0 Å². The average molecular weight is 342 g/mol. The van der Waals surface area contributed by atoms with E-state index in [-0.39, 0.29) is 6.04 Å². The highest BCUT2D eigenvalue weighted by Crippen LogP contribution is 2.35. The second-order valence-corrected chi connectivity index (χ2v) is 6.12. The van der Waals surface area contributed by atoms with Crippen LogP contribution in [-0.2, 0) is 6.42 Å². The first-order chi connectivity index (χ1) is 12.8. The van der Waals surface area contributed by atoms with Crippen molar-refractivity contribution < 1.29 is 0 Å². The number of hydrogen-bond donors (Lipinski definition) is 1. The number of aromatic nitrogens is 6. The molecule has 1 atom stereocenters. The molecule has 8 nitrogen and oxygen atoms in total. The summed E-state index contributed by atoms with van der Waals surface area (Å²) in [6, 6.07) is 11.6. The molecule has 5 heterocycles. The van der Waals surface area contributed by atoms with E-state index < -0.39 is 0 Å². The lowest BCUT2D eigenvalue weighted by atomic mass is 9.99. The zero-order valence-corrected chi connectivity index (χ0v) is 13.7. The zero-order chi connectivity index (χ0) is 17.5.